The number of amides is 1. The summed E-state index contributed by atoms with van der Waals surface area (Å²) in [6.45, 7) is 9.83. The summed E-state index contributed by atoms with van der Waals surface area (Å²) in [5, 5.41) is 0. The summed E-state index contributed by atoms with van der Waals surface area (Å²) < 4.78 is 11.1. The third kappa shape index (κ3) is 4.17. The Morgan fingerprint density at radius 1 is 1.28 bits per heavy atom. The predicted octanol–water partition coefficient (Wildman–Crippen LogP) is 3.41. The third-order valence-electron chi connectivity index (χ3n) is 4.70. The van der Waals surface area contributed by atoms with Crippen LogP contribution in [0.3, 0.4) is 0 Å². The minimum Gasteiger partial charge on any atom is -0.496 e. The van der Waals surface area contributed by atoms with Crippen molar-refractivity contribution in [1.82, 2.24) is 9.88 Å². The lowest BCUT2D eigenvalue weighted by Gasteiger charge is -2.40. The maximum absolute atomic E-state index is 12.3. The fourth-order valence-electron chi connectivity index (χ4n) is 3.25. The molecule has 0 N–H and O–H groups in total. The van der Waals surface area contributed by atoms with Crippen molar-refractivity contribution in [2.45, 2.75) is 58.1 Å². The first-order valence-electron chi connectivity index (χ1n) is 9.07. The quantitative estimate of drug-likeness (QED) is 0.839. The Balaban J connectivity index is 1.67. The van der Waals surface area contributed by atoms with E-state index in [0.717, 1.165) is 24.7 Å². The molecule has 6 nitrogen and oxygen atoms in total. The number of piperazine rings is 1. The number of anilines is 1. The highest BCUT2D eigenvalue weighted by Crippen LogP contribution is 2.44. The molecule has 1 aliphatic heterocycles. The number of hydrogen-bond acceptors (Lipinski definition) is 5. The molecule has 0 radical (unpaired) electrons. The van der Waals surface area contributed by atoms with E-state index in [1.807, 2.05) is 40.0 Å². The first-order chi connectivity index (χ1) is 11.8. The van der Waals surface area contributed by atoms with Gasteiger partial charge in [0.25, 0.3) is 0 Å². The Morgan fingerprint density at radius 2 is 2.00 bits per heavy atom. The molecule has 6 heteroatoms. The van der Waals surface area contributed by atoms with Crippen molar-refractivity contribution in [3.05, 3.63) is 17.8 Å². The number of pyridine rings is 1. The van der Waals surface area contributed by atoms with Crippen molar-refractivity contribution in [2.24, 2.45) is 0 Å². The first kappa shape index (κ1) is 17.8. The second kappa shape index (κ2) is 6.73. The molecular formula is C19H29N3O3. The summed E-state index contributed by atoms with van der Waals surface area (Å²) in [7, 11) is 1.72. The zero-order chi connectivity index (χ0) is 18.2. The fraction of sp³-hybridized carbons (Fsp3) is 0.684. The van der Waals surface area contributed by atoms with Gasteiger partial charge >= 0.3 is 6.09 Å². The van der Waals surface area contributed by atoms with Crippen LogP contribution < -0.4 is 9.64 Å². The molecule has 3 rings (SSSR count). The minimum absolute atomic E-state index is 0.0690. The van der Waals surface area contributed by atoms with E-state index in [-0.39, 0.29) is 12.1 Å². The van der Waals surface area contributed by atoms with Gasteiger partial charge in [-0.05, 0) is 46.5 Å². The summed E-state index contributed by atoms with van der Waals surface area (Å²) in [6.07, 6.45) is 4.16. The van der Waals surface area contributed by atoms with Gasteiger partial charge in [0.05, 0.1) is 7.11 Å². The van der Waals surface area contributed by atoms with Crippen LogP contribution in [-0.4, -0.2) is 54.4 Å². The van der Waals surface area contributed by atoms with E-state index >= 15 is 0 Å². The van der Waals surface area contributed by atoms with Crippen molar-refractivity contribution in [2.75, 3.05) is 31.6 Å². The number of ether oxygens (including phenoxy) is 2. The zero-order valence-electron chi connectivity index (χ0n) is 15.9. The second-order valence-electron chi connectivity index (χ2n) is 8.03. The van der Waals surface area contributed by atoms with E-state index in [1.165, 1.54) is 18.4 Å². The average Bonchev–Trinajstić information content (AvgIpc) is 3.37. The van der Waals surface area contributed by atoms with Crippen molar-refractivity contribution in [3.63, 3.8) is 0 Å². The van der Waals surface area contributed by atoms with E-state index in [1.54, 1.807) is 12.0 Å². The lowest BCUT2D eigenvalue weighted by Crippen LogP contribution is -2.55. The molecule has 1 saturated carbocycles. The van der Waals surface area contributed by atoms with Gasteiger partial charge in [-0.2, -0.15) is 0 Å². The minimum atomic E-state index is -0.471. The van der Waals surface area contributed by atoms with Crippen LogP contribution in [0, 0.1) is 0 Å². The number of aromatic nitrogens is 1. The highest BCUT2D eigenvalue weighted by atomic mass is 16.6. The Hall–Kier alpha value is -1.98. The molecule has 0 aromatic carbocycles. The number of hydrogen-bond donors (Lipinski definition) is 0. The molecule has 138 valence electrons. The maximum atomic E-state index is 12.3. The lowest BCUT2D eigenvalue weighted by atomic mass is 10.1. The summed E-state index contributed by atoms with van der Waals surface area (Å²) in [5.41, 5.74) is 0.744. The normalized spacial score (nSPS) is 21.2. The smallest absolute Gasteiger partial charge is 0.410 e. The van der Waals surface area contributed by atoms with Crippen LogP contribution in [-0.2, 0) is 4.74 Å². The molecule has 1 aromatic rings. The molecule has 0 spiro atoms. The van der Waals surface area contributed by atoms with E-state index in [0.29, 0.717) is 12.5 Å². The van der Waals surface area contributed by atoms with Gasteiger partial charge in [0.1, 0.15) is 17.2 Å². The Labute approximate surface area is 150 Å². The van der Waals surface area contributed by atoms with Crippen LogP contribution in [0.4, 0.5) is 10.6 Å². The van der Waals surface area contributed by atoms with Crippen molar-refractivity contribution < 1.29 is 14.3 Å². The number of methoxy groups -OCH3 is 1. The van der Waals surface area contributed by atoms with Gasteiger partial charge in [-0.1, -0.05) is 0 Å². The van der Waals surface area contributed by atoms with E-state index in [9.17, 15) is 4.79 Å². The van der Waals surface area contributed by atoms with Gasteiger partial charge in [-0.15, -0.1) is 0 Å². The molecule has 2 fully saturated rings. The molecule has 1 atom stereocenters. The molecule has 1 amide bonds. The van der Waals surface area contributed by atoms with Crippen LogP contribution in [0.25, 0.3) is 0 Å². The molecule has 1 saturated heterocycles. The Kier molecular flexibility index (Phi) is 4.80. The zero-order valence-corrected chi connectivity index (χ0v) is 15.9. The van der Waals surface area contributed by atoms with Gasteiger partial charge in [0.2, 0.25) is 0 Å². The molecule has 0 unspecified atom stereocenters. The van der Waals surface area contributed by atoms with Gasteiger partial charge < -0.3 is 19.3 Å². The van der Waals surface area contributed by atoms with Gasteiger partial charge in [0, 0.05) is 43.5 Å². The summed E-state index contributed by atoms with van der Waals surface area (Å²) in [4.78, 5) is 21.0. The number of rotatable bonds is 3. The summed E-state index contributed by atoms with van der Waals surface area (Å²) >= 11 is 0. The molecule has 1 aliphatic carbocycles. The summed E-state index contributed by atoms with van der Waals surface area (Å²) in [6, 6.07) is 2.10. The molecular weight excluding hydrogens is 318 g/mol. The van der Waals surface area contributed by atoms with E-state index in [2.05, 4.69) is 9.88 Å². The highest BCUT2D eigenvalue weighted by Gasteiger charge is 2.32. The number of carbonyl (C=O) groups excluding carboxylic acids is 1. The molecule has 2 heterocycles. The van der Waals surface area contributed by atoms with Gasteiger partial charge in [-0.25, -0.2) is 9.78 Å². The SMILES string of the molecule is COc1cc(N2CCN(C(=O)OC(C)(C)C)[C@H](C)C2)ncc1C1CC1. The standard InChI is InChI=1S/C19H29N3O3/c1-13-12-21(8-9-22(13)18(23)25-19(2,3)4)17-10-16(24-5)15(11-20-17)14-6-7-14/h10-11,13-14H,6-9,12H2,1-5H3/t13-/m1/s1. The molecule has 2 aliphatic rings. The predicted molar refractivity (Wildman–Crippen MR) is 97.4 cm³/mol. The van der Waals surface area contributed by atoms with Crippen LogP contribution in [0.2, 0.25) is 0 Å². The fourth-order valence-corrected chi connectivity index (χ4v) is 3.25. The average molecular weight is 347 g/mol. The van der Waals surface area contributed by atoms with Crippen LogP contribution in [0.1, 0.15) is 52.0 Å². The summed E-state index contributed by atoms with van der Waals surface area (Å²) in [5.74, 6) is 2.45. The van der Waals surface area contributed by atoms with Gasteiger partial charge in [-0.3, -0.25) is 0 Å². The largest absolute Gasteiger partial charge is 0.496 e. The molecule has 0 bridgehead atoms. The van der Waals surface area contributed by atoms with E-state index in [4.69, 9.17) is 9.47 Å². The first-order valence-corrected chi connectivity index (χ1v) is 9.07. The number of nitrogens with zero attached hydrogens (tertiary/aromatic N) is 3. The Morgan fingerprint density at radius 3 is 2.56 bits per heavy atom. The second-order valence-corrected chi connectivity index (χ2v) is 8.03. The number of carbonyl (C=O) groups is 1. The third-order valence-corrected chi connectivity index (χ3v) is 4.70. The van der Waals surface area contributed by atoms with Crippen LogP contribution >= 0.6 is 0 Å². The van der Waals surface area contributed by atoms with Crippen molar-refractivity contribution in [3.8, 4) is 5.75 Å². The van der Waals surface area contributed by atoms with E-state index < -0.39 is 5.60 Å². The van der Waals surface area contributed by atoms with Crippen molar-refractivity contribution in [1.29, 1.82) is 0 Å². The Bertz CT molecular complexity index is 637. The monoisotopic (exact) mass is 347 g/mol. The lowest BCUT2D eigenvalue weighted by molar-refractivity contribution is 0.0158. The van der Waals surface area contributed by atoms with Crippen molar-refractivity contribution >= 4 is 11.9 Å². The van der Waals surface area contributed by atoms with Crippen LogP contribution in [0.5, 0.6) is 5.75 Å². The maximum Gasteiger partial charge on any atom is 0.410 e. The molecule has 25 heavy (non-hydrogen) atoms. The molecule has 1 aromatic heterocycles. The van der Waals surface area contributed by atoms with Gasteiger partial charge in [0.15, 0.2) is 0 Å². The van der Waals surface area contributed by atoms with Crippen LogP contribution in [0.15, 0.2) is 12.3 Å². The topological polar surface area (TPSA) is 54.9 Å². The highest BCUT2D eigenvalue weighted by molar-refractivity contribution is 5.69.